The summed E-state index contributed by atoms with van der Waals surface area (Å²) in [5, 5.41) is 15.1. The fourth-order valence-corrected chi connectivity index (χ4v) is 1.78. The first kappa shape index (κ1) is 12.5. The molecule has 92 valence electrons. The Morgan fingerprint density at radius 1 is 1.39 bits per heavy atom. The Hall–Kier alpha value is -1.99. The van der Waals surface area contributed by atoms with Crippen molar-refractivity contribution in [1.29, 1.82) is 0 Å². The Bertz CT molecular complexity index is 600. The van der Waals surface area contributed by atoms with Crippen LogP contribution in [0, 0.1) is 0 Å². The van der Waals surface area contributed by atoms with Gasteiger partial charge in [-0.1, -0.05) is 16.1 Å². The maximum atomic E-state index is 11.7. The van der Waals surface area contributed by atoms with Crippen molar-refractivity contribution >= 4 is 40.7 Å². The third-order valence-corrected chi connectivity index (χ3v) is 3.04. The third-order valence-electron chi connectivity index (χ3n) is 2.05. The Morgan fingerprint density at radius 3 is 2.78 bits per heavy atom. The van der Waals surface area contributed by atoms with Crippen LogP contribution in [0.2, 0.25) is 5.02 Å². The van der Waals surface area contributed by atoms with E-state index in [9.17, 15) is 9.59 Å². The molecule has 2 aromatic rings. The molecule has 2 N–H and O–H groups in total. The van der Waals surface area contributed by atoms with E-state index in [0.29, 0.717) is 4.88 Å². The summed E-state index contributed by atoms with van der Waals surface area (Å²) in [4.78, 5) is 22.8. The second kappa shape index (κ2) is 5.11. The molecule has 6 nitrogen and oxygen atoms in total. The van der Waals surface area contributed by atoms with E-state index in [0.717, 1.165) is 11.5 Å². The van der Waals surface area contributed by atoms with Crippen molar-refractivity contribution in [1.82, 2.24) is 9.59 Å². The lowest BCUT2D eigenvalue weighted by atomic mass is 10.2. The van der Waals surface area contributed by atoms with Crippen LogP contribution < -0.4 is 5.32 Å². The molecule has 1 aromatic carbocycles. The summed E-state index contributed by atoms with van der Waals surface area (Å²) in [6, 6.07) is 4.05. The number of carbonyl (C=O) groups is 2. The highest BCUT2D eigenvalue weighted by atomic mass is 35.5. The van der Waals surface area contributed by atoms with Gasteiger partial charge in [0.05, 0.1) is 22.5 Å². The van der Waals surface area contributed by atoms with Crippen molar-refractivity contribution < 1.29 is 14.7 Å². The molecule has 0 aliphatic carbocycles. The molecule has 0 aliphatic rings. The summed E-state index contributed by atoms with van der Waals surface area (Å²) >= 11 is 6.80. The van der Waals surface area contributed by atoms with Crippen molar-refractivity contribution in [3.05, 3.63) is 39.9 Å². The highest BCUT2D eigenvalue weighted by Gasteiger charge is 2.12. The van der Waals surface area contributed by atoms with Crippen molar-refractivity contribution in [3.63, 3.8) is 0 Å². The zero-order valence-electron chi connectivity index (χ0n) is 8.75. The number of aromatic carboxylic acids is 1. The van der Waals surface area contributed by atoms with Crippen molar-refractivity contribution in [2.75, 3.05) is 5.32 Å². The molecule has 1 amide bonds. The van der Waals surface area contributed by atoms with Gasteiger partial charge in [0.2, 0.25) is 0 Å². The zero-order valence-corrected chi connectivity index (χ0v) is 10.3. The van der Waals surface area contributed by atoms with Crippen LogP contribution in [0.15, 0.2) is 24.4 Å². The Morgan fingerprint density at radius 2 is 2.17 bits per heavy atom. The van der Waals surface area contributed by atoms with E-state index < -0.39 is 11.9 Å². The molecule has 0 fully saturated rings. The van der Waals surface area contributed by atoms with Crippen molar-refractivity contribution in [3.8, 4) is 0 Å². The summed E-state index contributed by atoms with van der Waals surface area (Å²) in [6.07, 6.45) is 1.31. The van der Waals surface area contributed by atoms with Crippen LogP contribution >= 0.6 is 23.1 Å². The number of rotatable bonds is 3. The van der Waals surface area contributed by atoms with Gasteiger partial charge in [0.25, 0.3) is 5.91 Å². The SMILES string of the molecule is O=C(O)c1ccc(Cl)c(NC(=O)c2cnns2)c1. The average molecular weight is 284 g/mol. The molecule has 8 heteroatoms. The van der Waals surface area contributed by atoms with E-state index in [1.54, 1.807) is 0 Å². The molecule has 0 saturated heterocycles. The topological polar surface area (TPSA) is 92.2 Å². The molecular weight excluding hydrogens is 278 g/mol. The molecule has 18 heavy (non-hydrogen) atoms. The smallest absolute Gasteiger partial charge is 0.335 e. The highest BCUT2D eigenvalue weighted by Crippen LogP contribution is 2.24. The predicted octanol–water partition coefficient (Wildman–Crippen LogP) is 2.14. The van der Waals surface area contributed by atoms with Gasteiger partial charge in [0, 0.05) is 0 Å². The van der Waals surface area contributed by atoms with Crippen molar-refractivity contribution in [2.24, 2.45) is 0 Å². The molecule has 0 saturated carbocycles. The number of nitrogens with zero attached hydrogens (tertiary/aromatic N) is 2. The molecule has 0 atom stereocenters. The van der Waals surface area contributed by atoms with E-state index in [2.05, 4.69) is 14.9 Å². The first-order chi connectivity index (χ1) is 8.58. The van der Waals surface area contributed by atoms with E-state index in [4.69, 9.17) is 16.7 Å². The van der Waals surface area contributed by atoms with Crippen LogP contribution in [0.5, 0.6) is 0 Å². The highest BCUT2D eigenvalue weighted by molar-refractivity contribution is 7.07. The van der Waals surface area contributed by atoms with Crippen LogP contribution in [0.25, 0.3) is 0 Å². The normalized spacial score (nSPS) is 10.1. The van der Waals surface area contributed by atoms with Gasteiger partial charge in [-0.05, 0) is 29.7 Å². The number of anilines is 1. The maximum Gasteiger partial charge on any atom is 0.335 e. The summed E-state index contributed by atoms with van der Waals surface area (Å²) in [6.45, 7) is 0. The summed E-state index contributed by atoms with van der Waals surface area (Å²) in [5.74, 6) is -1.53. The first-order valence-electron chi connectivity index (χ1n) is 4.69. The number of nitrogens with one attached hydrogen (secondary N) is 1. The number of halogens is 1. The average Bonchev–Trinajstić information content (AvgIpc) is 2.85. The quantitative estimate of drug-likeness (QED) is 0.900. The molecule has 0 bridgehead atoms. The monoisotopic (exact) mass is 283 g/mol. The van der Waals surface area contributed by atoms with Crippen LogP contribution in [0.1, 0.15) is 20.0 Å². The number of aromatic nitrogens is 2. The van der Waals surface area contributed by atoms with Crippen LogP contribution in [0.3, 0.4) is 0 Å². The van der Waals surface area contributed by atoms with Crippen LogP contribution in [-0.2, 0) is 0 Å². The van der Waals surface area contributed by atoms with E-state index >= 15 is 0 Å². The van der Waals surface area contributed by atoms with Gasteiger partial charge in [0.15, 0.2) is 0 Å². The molecular formula is C10H6ClN3O3S. The standard InChI is InChI=1S/C10H6ClN3O3S/c11-6-2-1-5(10(16)17)3-7(6)13-9(15)8-4-12-14-18-8/h1-4H,(H,13,15)(H,16,17). The number of hydrogen-bond acceptors (Lipinski definition) is 5. The summed E-state index contributed by atoms with van der Waals surface area (Å²) in [7, 11) is 0. The van der Waals surface area contributed by atoms with Gasteiger partial charge in [-0.15, -0.1) is 5.10 Å². The predicted molar refractivity (Wildman–Crippen MR) is 66.3 cm³/mol. The largest absolute Gasteiger partial charge is 0.478 e. The number of carboxylic acid groups (broad SMARTS) is 1. The Kier molecular flexibility index (Phi) is 3.54. The van der Waals surface area contributed by atoms with Gasteiger partial charge in [-0.3, -0.25) is 4.79 Å². The lowest BCUT2D eigenvalue weighted by Crippen LogP contribution is -2.11. The number of hydrogen-bond donors (Lipinski definition) is 2. The second-order valence-corrected chi connectivity index (χ2v) is 4.43. The van der Waals surface area contributed by atoms with Crippen LogP contribution in [0.4, 0.5) is 5.69 Å². The number of carboxylic acids is 1. The number of benzene rings is 1. The van der Waals surface area contributed by atoms with Gasteiger partial charge >= 0.3 is 5.97 Å². The van der Waals surface area contributed by atoms with Gasteiger partial charge < -0.3 is 10.4 Å². The minimum atomic E-state index is -1.10. The Labute approximate surface area is 110 Å². The lowest BCUT2D eigenvalue weighted by molar-refractivity contribution is 0.0696. The van der Waals surface area contributed by atoms with E-state index in [-0.39, 0.29) is 16.3 Å². The maximum absolute atomic E-state index is 11.7. The molecule has 0 radical (unpaired) electrons. The fraction of sp³-hybridized carbons (Fsp3) is 0. The minimum Gasteiger partial charge on any atom is -0.478 e. The first-order valence-corrected chi connectivity index (χ1v) is 5.84. The van der Waals surface area contributed by atoms with E-state index in [1.165, 1.54) is 24.4 Å². The summed E-state index contributed by atoms with van der Waals surface area (Å²) in [5.41, 5.74) is 0.270. The lowest BCUT2D eigenvalue weighted by Gasteiger charge is -2.06. The molecule has 0 unspecified atom stereocenters. The number of amides is 1. The second-order valence-electron chi connectivity index (χ2n) is 3.24. The molecule has 1 heterocycles. The van der Waals surface area contributed by atoms with Crippen molar-refractivity contribution in [2.45, 2.75) is 0 Å². The summed E-state index contributed by atoms with van der Waals surface area (Å²) < 4.78 is 3.56. The third kappa shape index (κ3) is 2.63. The van der Waals surface area contributed by atoms with Gasteiger partial charge in [-0.25, -0.2) is 4.79 Å². The zero-order chi connectivity index (χ0) is 13.1. The number of carbonyl (C=O) groups excluding carboxylic acids is 1. The molecule has 0 aliphatic heterocycles. The molecule has 0 spiro atoms. The minimum absolute atomic E-state index is 0.0390. The van der Waals surface area contributed by atoms with Gasteiger partial charge in [-0.2, -0.15) is 0 Å². The molecule has 2 rings (SSSR count). The van der Waals surface area contributed by atoms with Gasteiger partial charge in [0.1, 0.15) is 4.88 Å². The fourth-order valence-electron chi connectivity index (χ4n) is 1.21. The van der Waals surface area contributed by atoms with E-state index in [1.807, 2.05) is 0 Å². The molecule has 1 aromatic heterocycles. The van der Waals surface area contributed by atoms with Crippen LogP contribution in [-0.4, -0.2) is 26.6 Å². The Balaban J connectivity index is 2.26.